The van der Waals surface area contributed by atoms with Gasteiger partial charge in [0.05, 0.1) is 18.8 Å². The number of benzene rings is 2. The Morgan fingerprint density at radius 1 is 0.929 bits per heavy atom. The van der Waals surface area contributed by atoms with Crippen LogP contribution in [0.25, 0.3) is 0 Å². The Labute approximate surface area is 171 Å². The normalized spacial score (nSPS) is 18.3. The Kier molecular flexibility index (Phi) is 6.05. The lowest BCUT2D eigenvalue weighted by molar-refractivity contribution is -0.132. The van der Waals surface area contributed by atoms with Crippen molar-refractivity contribution in [2.24, 2.45) is 5.10 Å². The maximum atomic E-state index is 12.6. The van der Waals surface area contributed by atoms with Crippen molar-refractivity contribution in [1.29, 1.82) is 0 Å². The van der Waals surface area contributed by atoms with Crippen molar-refractivity contribution >= 4 is 23.2 Å². The Morgan fingerprint density at radius 3 is 2.43 bits per heavy atom. The first-order chi connectivity index (χ1) is 13.7. The summed E-state index contributed by atoms with van der Waals surface area (Å²) < 4.78 is 0. The van der Waals surface area contributed by atoms with Crippen LogP contribution < -0.4 is 0 Å². The van der Waals surface area contributed by atoms with Crippen LogP contribution >= 0.6 is 11.6 Å². The molecule has 1 amide bonds. The van der Waals surface area contributed by atoms with Gasteiger partial charge in [-0.1, -0.05) is 54.1 Å². The van der Waals surface area contributed by atoms with E-state index in [0.29, 0.717) is 13.1 Å². The van der Waals surface area contributed by atoms with Crippen LogP contribution in [-0.4, -0.2) is 65.7 Å². The average Bonchev–Trinajstić information content (AvgIpc) is 3.21. The zero-order valence-electron chi connectivity index (χ0n) is 15.9. The number of amides is 1. The zero-order chi connectivity index (χ0) is 19.3. The average molecular weight is 397 g/mol. The first-order valence-electron chi connectivity index (χ1n) is 9.80. The van der Waals surface area contributed by atoms with Crippen LogP contribution in [0.15, 0.2) is 59.7 Å². The molecule has 0 spiro atoms. The highest BCUT2D eigenvalue weighted by Gasteiger charge is 2.25. The van der Waals surface area contributed by atoms with E-state index in [9.17, 15) is 4.79 Å². The molecule has 1 saturated heterocycles. The van der Waals surface area contributed by atoms with Crippen molar-refractivity contribution in [2.75, 3.05) is 39.3 Å². The van der Waals surface area contributed by atoms with E-state index in [0.717, 1.165) is 55.4 Å². The molecule has 2 aromatic carbocycles. The fourth-order valence-corrected chi connectivity index (χ4v) is 3.96. The first-order valence-corrected chi connectivity index (χ1v) is 10.2. The number of piperazine rings is 1. The highest BCUT2D eigenvalue weighted by molar-refractivity contribution is 6.30. The maximum absolute atomic E-state index is 12.6. The van der Waals surface area contributed by atoms with Crippen molar-refractivity contribution in [1.82, 2.24) is 14.8 Å². The fraction of sp³-hybridized carbons (Fsp3) is 0.364. The van der Waals surface area contributed by atoms with Crippen LogP contribution in [0.1, 0.15) is 17.5 Å². The van der Waals surface area contributed by atoms with E-state index in [1.807, 2.05) is 48.5 Å². The van der Waals surface area contributed by atoms with E-state index < -0.39 is 0 Å². The molecule has 6 heteroatoms. The minimum Gasteiger partial charge on any atom is -0.297 e. The molecule has 1 fully saturated rings. The summed E-state index contributed by atoms with van der Waals surface area (Å²) in [6, 6.07) is 18.1. The Hall–Kier alpha value is -2.21. The van der Waals surface area contributed by atoms with Crippen molar-refractivity contribution in [3.8, 4) is 0 Å². The second-order valence-electron chi connectivity index (χ2n) is 7.36. The molecule has 0 aromatic heterocycles. The Bertz CT molecular complexity index is 847. The second-order valence-corrected chi connectivity index (χ2v) is 7.80. The molecule has 2 aliphatic heterocycles. The number of rotatable bonds is 5. The van der Waals surface area contributed by atoms with Crippen LogP contribution in [0.5, 0.6) is 0 Å². The SMILES string of the molecule is O=C(CN1CCN(Cc2cccc(Cl)c2)CC1)N1CCC(c2ccccc2)=N1. The minimum atomic E-state index is 0.0919. The van der Waals surface area contributed by atoms with Gasteiger partial charge < -0.3 is 0 Å². The topological polar surface area (TPSA) is 39.2 Å². The molecule has 0 saturated carbocycles. The molecule has 0 bridgehead atoms. The lowest BCUT2D eigenvalue weighted by Crippen LogP contribution is -2.49. The molecule has 28 heavy (non-hydrogen) atoms. The Balaban J connectivity index is 1.26. The van der Waals surface area contributed by atoms with Crippen molar-refractivity contribution in [2.45, 2.75) is 13.0 Å². The fourth-order valence-electron chi connectivity index (χ4n) is 3.74. The van der Waals surface area contributed by atoms with Gasteiger partial charge in [-0.25, -0.2) is 5.01 Å². The van der Waals surface area contributed by atoms with Crippen LogP contribution in [-0.2, 0) is 11.3 Å². The van der Waals surface area contributed by atoms with Gasteiger partial charge in [0.15, 0.2) is 0 Å². The summed E-state index contributed by atoms with van der Waals surface area (Å²) in [5.74, 6) is 0.0919. The molecule has 146 valence electrons. The Morgan fingerprint density at radius 2 is 1.68 bits per heavy atom. The molecule has 4 rings (SSSR count). The molecule has 0 N–H and O–H groups in total. The molecule has 5 nitrogen and oxygen atoms in total. The second kappa shape index (κ2) is 8.86. The molecular weight excluding hydrogens is 372 g/mol. The number of carbonyl (C=O) groups excluding carboxylic acids is 1. The van der Waals surface area contributed by atoms with Gasteiger partial charge >= 0.3 is 0 Å². The molecule has 2 aliphatic rings. The summed E-state index contributed by atoms with van der Waals surface area (Å²) in [4.78, 5) is 17.3. The number of carbonyl (C=O) groups is 1. The third-order valence-electron chi connectivity index (χ3n) is 5.32. The molecule has 0 atom stereocenters. The largest absolute Gasteiger partial charge is 0.297 e. The van der Waals surface area contributed by atoms with Gasteiger partial charge in [-0.05, 0) is 23.3 Å². The first kappa shape index (κ1) is 19.1. The summed E-state index contributed by atoms with van der Waals surface area (Å²) in [5, 5.41) is 6.97. The molecule has 2 aromatic rings. The predicted octanol–water partition coefficient (Wildman–Crippen LogP) is 3.09. The van der Waals surface area contributed by atoms with Crippen molar-refractivity contribution in [3.05, 3.63) is 70.7 Å². The summed E-state index contributed by atoms with van der Waals surface area (Å²) in [5.41, 5.74) is 3.34. The number of hydrogen-bond acceptors (Lipinski definition) is 4. The summed E-state index contributed by atoms with van der Waals surface area (Å²) in [6.07, 6.45) is 0.823. The van der Waals surface area contributed by atoms with Gasteiger partial charge in [0.25, 0.3) is 5.91 Å². The number of nitrogens with zero attached hydrogens (tertiary/aromatic N) is 4. The molecule has 2 heterocycles. The monoisotopic (exact) mass is 396 g/mol. The van der Waals surface area contributed by atoms with Gasteiger partial charge in [-0.15, -0.1) is 0 Å². The quantitative estimate of drug-likeness (QED) is 0.779. The number of halogens is 1. The lowest BCUT2D eigenvalue weighted by atomic mass is 10.1. The van der Waals surface area contributed by atoms with E-state index in [1.54, 1.807) is 5.01 Å². The van der Waals surface area contributed by atoms with E-state index in [4.69, 9.17) is 11.6 Å². The van der Waals surface area contributed by atoms with Gasteiger partial charge in [0.2, 0.25) is 0 Å². The predicted molar refractivity (Wildman–Crippen MR) is 112 cm³/mol. The summed E-state index contributed by atoms with van der Waals surface area (Å²) in [6.45, 7) is 5.73. The minimum absolute atomic E-state index is 0.0919. The van der Waals surface area contributed by atoms with Crippen LogP contribution in [0.4, 0.5) is 0 Å². The van der Waals surface area contributed by atoms with Crippen molar-refractivity contribution < 1.29 is 4.79 Å². The van der Waals surface area contributed by atoms with Gasteiger partial charge in [-0.2, -0.15) is 5.10 Å². The van der Waals surface area contributed by atoms with Gasteiger partial charge in [-0.3, -0.25) is 14.6 Å². The zero-order valence-corrected chi connectivity index (χ0v) is 16.7. The van der Waals surface area contributed by atoms with Gasteiger partial charge in [0.1, 0.15) is 0 Å². The third-order valence-corrected chi connectivity index (χ3v) is 5.55. The highest BCUT2D eigenvalue weighted by Crippen LogP contribution is 2.16. The maximum Gasteiger partial charge on any atom is 0.256 e. The molecule has 0 unspecified atom stereocenters. The summed E-state index contributed by atoms with van der Waals surface area (Å²) in [7, 11) is 0. The van der Waals surface area contributed by atoms with Gasteiger partial charge in [0, 0.05) is 44.2 Å². The van der Waals surface area contributed by atoms with E-state index in [1.165, 1.54) is 5.56 Å². The smallest absolute Gasteiger partial charge is 0.256 e. The molecular formula is C22H25ClN4O. The van der Waals surface area contributed by atoms with Crippen LogP contribution in [0.2, 0.25) is 5.02 Å². The number of hydrogen-bond donors (Lipinski definition) is 0. The third kappa shape index (κ3) is 4.79. The van der Waals surface area contributed by atoms with Crippen LogP contribution in [0, 0.1) is 0 Å². The summed E-state index contributed by atoms with van der Waals surface area (Å²) >= 11 is 6.08. The standard InChI is InChI=1S/C22H25ClN4O/c23-20-8-4-5-18(15-20)16-25-11-13-26(14-12-25)17-22(28)27-10-9-21(24-27)19-6-2-1-3-7-19/h1-8,15H,9-14,16-17H2. The number of hydrazone groups is 1. The highest BCUT2D eigenvalue weighted by atomic mass is 35.5. The lowest BCUT2D eigenvalue weighted by Gasteiger charge is -2.34. The van der Waals surface area contributed by atoms with Crippen LogP contribution in [0.3, 0.4) is 0 Å². The molecule has 0 radical (unpaired) electrons. The van der Waals surface area contributed by atoms with E-state index >= 15 is 0 Å². The van der Waals surface area contributed by atoms with E-state index in [2.05, 4.69) is 21.0 Å². The van der Waals surface area contributed by atoms with E-state index in [-0.39, 0.29) is 5.91 Å². The van der Waals surface area contributed by atoms with Crippen molar-refractivity contribution in [3.63, 3.8) is 0 Å². The molecule has 0 aliphatic carbocycles.